The first-order chi connectivity index (χ1) is 6.29. The summed E-state index contributed by atoms with van der Waals surface area (Å²) in [5.74, 6) is 3.01. The molecule has 70 valence electrons. The maximum Gasteiger partial charge on any atom is 0.0464 e. The molecule has 0 saturated heterocycles. The Morgan fingerprint density at radius 2 is 2.31 bits per heavy atom. The third-order valence-corrected chi connectivity index (χ3v) is 3.49. The molecule has 1 aromatic heterocycles. The van der Waals surface area contributed by atoms with Crippen molar-refractivity contribution in [2.75, 3.05) is 5.75 Å². The lowest BCUT2D eigenvalue weighted by Gasteiger charge is -2.19. The second-order valence-corrected chi connectivity index (χ2v) is 4.90. The third-order valence-electron chi connectivity index (χ3n) is 2.49. The maximum absolute atomic E-state index is 4.48. The van der Waals surface area contributed by atoms with Gasteiger partial charge in [-0.25, -0.2) is 0 Å². The fourth-order valence-corrected chi connectivity index (χ4v) is 2.81. The normalized spacial score (nSPS) is 15.9. The Bertz CT molecular complexity index is 307. The van der Waals surface area contributed by atoms with Crippen LogP contribution in [0, 0.1) is 0 Å². The van der Waals surface area contributed by atoms with Gasteiger partial charge in [-0.2, -0.15) is 11.8 Å². The van der Waals surface area contributed by atoms with Gasteiger partial charge in [-0.05, 0) is 35.3 Å². The van der Waals surface area contributed by atoms with E-state index < -0.39 is 0 Å². The van der Waals surface area contributed by atoms with Crippen LogP contribution in [0.25, 0.3) is 0 Å². The summed E-state index contributed by atoms with van der Waals surface area (Å²) in [4.78, 5) is 4.48. The molecular weight excluding hydrogens is 178 g/mol. The molecule has 0 radical (unpaired) electrons. The minimum absolute atomic E-state index is 0.568. The molecule has 0 bridgehead atoms. The van der Waals surface area contributed by atoms with E-state index in [0.717, 1.165) is 0 Å². The minimum Gasteiger partial charge on any atom is -0.261 e. The molecule has 0 aliphatic carbocycles. The molecule has 1 aliphatic rings. The molecule has 2 rings (SSSR count). The van der Waals surface area contributed by atoms with Crippen molar-refractivity contribution in [1.82, 2.24) is 4.98 Å². The van der Waals surface area contributed by atoms with E-state index >= 15 is 0 Å². The predicted octanol–water partition coefficient (Wildman–Crippen LogP) is 2.99. The van der Waals surface area contributed by atoms with Gasteiger partial charge >= 0.3 is 0 Å². The van der Waals surface area contributed by atoms with Crippen LogP contribution >= 0.6 is 11.8 Å². The van der Waals surface area contributed by atoms with Crippen LogP contribution in [-0.2, 0) is 12.2 Å². The van der Waals surface area contributed by atoms with Crippen LogP contribution in [0.2, 0.25) is 0 Å². The molecule has 0 fully saturated rings. The minimum atomic E-state index is 0.568. The number of aromatic nitrogens is 1. The highest BCUT2D eigenvalue weighted by atomic mass is 32.2. The Morgan fingerprint density at radius 3 is 3.08 bits per heavy atom. The molecule has 0 aromatic carbocycles. The molecule has 0 spiro atoms. The molecule has 0 atom stereocenters. The highest BCUT2D eigenvalue weighted by molar-refractivity contribution is 7.98. The summed E-state index contributed by atoms with van der Waals surface area (Å²) < 4.78 is 0. The largest absolute Gasteiger partial charge is 0.261 e. The maximum atomic E-state index is 4.48. The van der Waals surface area contributed by atoms with Crippen LogP contribution in [0.4, 0.5) is 0 Å². The van der Waals surface area contributed by atoms with Crippen LogP contribution in [0.3, 0.4) is 0 Å². The van der Waals surface area contributed by atoms with Gasteiger partial charge in [0.15, 0.2) is 0 Å². The van der Waals surface area contributed by atoms with Crippen LogP contribution in [0.1, 0.15) is 36.6 Å². The lowest BCUT2D eigenvalue weighted by atomic mass is 9.98. The molecule has 13 heavy (non-hydrogen) atoms. The SMILES string of the molecule is CC(C)c1nccc2c1CCSC2. The predicted molar refractivity (Wildman–Crippen MR) is 58.2 cm³/mol. The van der Waals surface area contributed by atoms with Crippen molar-refractivity contribution < 1.29 is 0 Å². The zero-order valence-corrected chi connectivity index (χ0v) is 9.03. The molecule has 0 saturated carbocycles. The summed E-state index contributed by atoms with van der Waals surface area (Å²) in [6, 6.07) is 2.17. The standard InChI is InChI=1S/C11H15NS/c1-8(2)11-10-4-6-13-7-9(10)3-5-12-11/h3,5,8H,4,6-7H2,1-2H3. The summed E-state index contributed by atoms with van der Waals surface area (Å²) in [6.07, 6.45) is 3.17. The van der Waals surface area contributed by atoms with Crippen LogP contribution in [0.5, 0.6) is 0 Å². The van der Waals surface area contributed by atoms with E-state index in [9.17, 15) is 0 Å². The Kier molecular flexibility index (Phi) is 2.58. The van der Waals surface area contributed by atoms with E-state index in [2.05, 4.69) is 24.9 Å². The summed E-state index contributed by atoms with van der Waals surface area (Å²) in [5, 5.41) is 0. The molecule has 1 nitrogen and oxygen atoms in total. The fraction of sp³-hybridized carbons (Fsp3) is 0.545. The van der Waals surface area contributed by atoms with E-state index in [1.807, 2.05) is 18.0 Å². The Labute approximate surface area is 84.0 Å². The van der Waals surface area contributed by atoms with Crippen molar-refractivity contribution in [3.8, 4) is 0 Å². The molecule has 2 heteroatoms. The summed E-state index contributed by atoms with van der Waals surface area (Å²) in [7, 11) is 0. The van der Waals surface area contributed by atoms with Crippen molar-refractivity contribution in [2.45, 2.75) is 31.9 Å². The van der Waals surface area contributed by atoms with E-state index in [1.54, 1.807) is 0 Å². The Hall–Kier alpha value is -0.500. The summed E-state index contributed by atoms with van der Waals surface area (Å²) in [6.45, 7) is 4.45. The van der Waals surface area contributed by atoms with Gasteiger partial charge in [-0.15, -0.1) is 0 Å². The number of hydrogen-bond acceptors (Lipinski definition) is 2. The monoisotopic (exact) mass is 193 g/mol. The molecule has 0 N–H and O–H groups in total. The van der Waals surface area contributed by atoms with Gasteiger partial charge < -0.3 is 0 Å². The van der Waals surface area contributed by atoms with Crippen molar-refractivity contribution in [1.29, 1.82) is 0 Å². The Morgan fingerprint density at radius 1 is 1.46 bits per heavy atom. The van der Waals surface area contributed by atoms with E-state index in [-0.39, 0.29) is 0 Å². The third kappa shape index (κ3) is 1.73. The van der Waals surface area contributed by atoms with Gasteiger partial charge in [0, 0.05) is 17.6 Å². The lowest BCUT2D eigenvalue weighted by molar-refractivity contribution is 0.793. The van der Waals surface area contributed by atoms with Gasteiger partial charge in [0.2, 0.25) is 0 Å². The van der Waals surface area contributed by atoms with E-state index in [1.165, 1.54) is 34.7 Å². The van der Waals surface area contributed by atoms with Crippen molar-refractivity contribution in [2.24, 2.45) is 0 Å². The lowest BCUT2D eigenvalue weighted by Crippen LogP contribution is -2.09. The van der Waals surface area contributed by atoms with Crippen LogP contribution in [-0.4, -0.2) is 10.7 Å². The molecule has 2 heterocycles. The first-order valence-electron chi connectivity index (χ1n) is 4.83. The zero-order valence-electron chi connectivity index (χ0n) is 8.21. The summed E-state index contributed by atoms with van der Waals surface area (Å²) in [5.41, 5.74) is 4.35. The van der Waals surface area contributed by atoms with E-state index in [4.69, 9.17) is 0 Å². The second-order valence-electron chi connectivity index (χ2n) is 3.79. The smallest absolute Gasteiger partial charge is 0.0464 e. The van der Waals surface area contributed by atoms with Gasteiger partial charge in [0.25, 0.3) is 0 Å². The first-order valence-corrected chi connectivity index (χ1v) is 5.99. The van der Waals surface area contributed by atoms with Gasteiger partial charge in [-0.1, -0.05) is 13.8 Å². The summed E-state index contributed by atoms with van der Waals surface area (Å²) >= 11 is 2.03. The number of fused-ring (bicyclic) bond motifs is 1. The average Bonchev–Trinajstić information content (AvgIpc) is 2.17. The second kappa shape index (κ2) is 3.70. The van der Waals surface area contributed by atoms with Gasteiger partial charge in [0.05, 0.1) is 0 Å². The fourth-order valence-electron chi connectivity index (χ4n) is 1.83. The molecule has 0 amide bonds. The van der Waals surface area contributed by atoms with Crippen molar-refractivity contribution >= 4 is 11.8 Å². The number of pyridine rings is 1. The Balaban J connectivity index is 2.46. The van der Waals surface area contributed by atoms with Crippen molar-refractivity contribution in [3.63, 3.8) is 0 Å². The van der Waals surface area contributed by atoms with Gasteiger partial charge in [0.1, 0.15) is 0 Å². The van der Waals surface area contributed by atoms with Crippen LogP contribution in [0.15, 0.2) is 12.3 Å². The molecule has 1 aromatic rings. The average molecular weight is 193 g/mol. The number of nitrogens with zero attached hydrogens (tertiary/aromatic N) is 1. The molecule has 1 aliphatic heterocycles. The van der Waals surface area contributed by atoms with Gasteiger partial charge in [-0.3, -0.25) is 4.98 Å². The topological polar surface area (TPSA) is 12.9 Å². The molecule has 0 unspecified atom stereocenters. The van der Waals surface area contributed by atoms with E-state index in [0.29, 0.717) is 5.92 Å². The highest BCUT2D eigenvalue weighted by Gasteiger charge is 2.15. The number of hydrogen-bond donors (Lipinski definition) is 0. The first kappa shape index (κ1) is 9.07. The quantitative estimate of drug-likeness (QED) is 0.680. The van der Waals surface area contributed by atoms with Crippen molar-refractivity contribution in [3.05, 3.63) is 29.1 Å². The molecular formula is C11H15NS. The zero-order chi connectivity index (χ0) is 9.26. The number of rotatable bonds is 1. The van der Waals surface area contributed by atoms with Crippen LogP contribution < -0.4 is 0 Å². The highest BCUT2D eigenvalue weighted by Crippen LogP contribution is 2.28. The number of thioether (sulfide) groups is 1.